The Morgan fingerprint density at radius 1 is 1.28 bits per heavy atom. The number of aryl methyl sites for hydroxylation is 1. The maximum atomic E-state index is 12.9. The molecule has 8 heteroatoms. The van der Waals surface area contributed by atoms with E-state index in [1.807, 2.05) is 34.9 Å². The minimum Gasteiger partial charge on any atom is -0.369 e. The van der Waals surface area contributed by atoms with Gasteiger partial charge in [0.1, 0.15) is 0 Å². The van der Waals surface area contributed by atoms with E-state index in [1.54, 1.807) is 20.0 Å². The summed E-state index contributed by atoms with van der Waals surface area (Å²) < 4.78 is 27.5. The lowest BCUT2D eigenvalue weighted by atomic mass is 9.97. The fraction of sp³-hybridized carbons (Fsp3) is 0.524. The molecule has 1 saturated heterocycles. The molecule has 2 aromatic rings. The molecule has 1 aliphatic heterocycles. The number of piperidine rings is 1. The maximum absolute atomic E-state index is 12.9. The zero-order valence-corrected chi connectivity index (χ0v) is 17.9. The van der Waals surface area contributed by atoms with E-state index in [-0.39, 0.29) is 17.0 Å². The van der Waals surface area contributed by atoms with Crippen molar-refractivity contribution in [2.75, 3.05) is 13.1 Å². The Bertz CT molecular complexity index is 938. The van der Waals surface area contributed by atoms with E-state index in [0.717, 1.165) is 30.6 Å². The molecule has 2 N–H and O–H groups in total. The largest absolute Gasteiger partial charge is 0.369 e. The average Bonchev–Trinajstić information content (AvgIpc) is 3.10. The van der Waals surface area contributed by atoms with E-state index < -0.39 is 15.1 Å². The molecule has 1 amide bonds. The predicted octanol–water partition coefficient (Wildman–Crippen LogP) is 2.01. The fourth-order valence-electron chi connectivity index (χ4n) is 3.74. The molecule has 0 spiro atoms. The highest BCUT2D eigenvalue weighted by Gasteiger charge is 2.29. The Morgan fingerprint density at radius 2 is 2.00 bits per heavy atom. The first kappa shape index (κ1) is 21.5. The quantitative estimate of drug-likeness (QED) is 0.707. The van der Waals surface area contributed by atoms with Crippen LogP contribution in [-0.4, -0.2) is 47.1 Å². The highest BCUT2D eigenvalue weighted by molar-refractivity contribution is 7.91. The number of amides is 1. The monoisotopic (exact) mass is 418 g/mol. The Kier molecular flexibility index (Phi) is 6.74. The number of rotatable bonds is 8. The van der Waals surface area contributed by atoms with Gasteiger partial charge in [-0.15, -0.1) is 0 Å². The third-order valence-electron chi connectivity index (χ3n) is 5.54. The van der Waals surface area contributed by atoms with Gasteiger partial charge in [0.25, 0.3) is 0 Å². The maximum Gasteiger partial charge on any atom is 0.228 e. The van der Waals surface area contributed by atoms with Crippen molar-refractivity contribution >= 4 is 15.7 Å². The van der Waals surface area contributed by atoms with Gasteiger partial charge in [-0.3, -0.25) is 9.69 Å². The van der Waals surface area contributed by atoms with Crippen LogP contribution in [0.4, 0.5) is 0 Å². The van der Waals surface area contributed by atoms with Gasteiger partial charge in [-0.25, -0.2) is 13.4 Å². The van der Waals surface area contributed by atoms with Gasteiger partial charge in [0.2, 0.25) is 20.9 Å². The van der Waals surface area contributed by atoms with E-state index >= 15 is 0 Å². The molecular weight excluding hydrogens is 388 g/mol. The first-order valence-electron chi connectivity index (χ1n) is 10.1. The first-order chi connectivity index (χ1) is 13.8. The van der Waals surface area contributed by atoms with Gasteiger partial charge in [-0.05, 0) is 45.2 Å². The van der Waals surface area contributed by atoms with Crippen LogP contribution in [0.25, 0.3) is 0 Å². The minimum atomic E-state index is -3.50. The first-order valence-corrected chi connectivity index (χ1v) is 11.7. The lowest BCUT2D eigenvalue weighted by molar-refractivity contribution is -0.123. The third kappa shape index (κ3) is 5.05. The van der Waals surface area contributed by atoms with Crippen LogP contribution in [0.5, 0.6) is 0 Å². The molecule has 1 aliphatic rings. The summed E-state index contributed by atoms with van der Waals surface area (Å²) in [7, 11) is -3.50. The van der Waals surface area contributed by atoms with Crippen LogP contribution in [0.2, 0.25) is 0 Å². The van der Waals surface area contributed by atoms with Gasteiger partial charge in [0, 0.05) is 19.6 Å². The molecule has 158 valence electrons. The predicted molar refractivity (Wildman–Crippen MR) is 112 cm³/mol. The number of sulfone groups is 1. The smallest absolute Gasteiger partial charge is 0.228 e. The Morgan fingerprint density at radius 3 is 2.66 bits per heavy atom. The van der Waals surface area contributed by atoms with Crippen molar-refractivity contribution in [3.8, 4) is 0 Å². The van der Waals surface area contributed by atoms with Gasteiger partial charge in [0.15, 0.2) is 0 Å². The second-order valence-corrected chi connectivity index (χ2v) is 10.4. The van der Waals surface area contributed by atoms with E-state index in [1.165, 1.54) is 0 Å². The zero-order valence-electron chi connectivity index (χ0n) is 17.1. The fourth-order valence-corrected chi connectivity index (χ4v) is 4.88. The molecule has 2 heterocycles. The van der Waals surface area contributed by atoms with Crippen molar-refractivity contribution in [2.45, 2.75) is 56.6 Å². The molecule has 1 fully saturated rings. The normalized spacial score (nSPS) is 18.2. The summed E-state index contributed by atoms with van der Waals surface area (Å²) in [5.74, 6) is -0.418. The van der Waals surface area contributed by atoms with E-state index in [4.69, 9.17) is 5.73 Å². The number of hydrogen-bond acceptors (Lipinski definition) is 5. The number of likely N-dealkylation sites (tertiary alicyclic amines) is 1. The molecule has 0 saturated carbocycles. The molecule has 1 atom stereocenters. The second kappa shape index (κ2) is 9.09. The van der Waals surface area contributed by atoms with Crippen LogP contribution in [0, 0.1) is 5.92 Å². The zero-order chi connectivity index (χ0) is 21.0. The van der Waals surface area contributed by atoms with Gasteiger partial charge in [-0.2, -0.15) is 0 Å². The van der Waals surface area contributed by atoms with Crippen LogP contribution < -0.4 is 5.73 Å². The molecule has 1 aromatic heterocycles. The van der Waals surface area contributed by atoms with Crippen LogP contribution in [-0.2, 0) is 34.1 Å². The molecule has 7 nitrogen and oxygen atoms in total. The van der Waals surface area contributed by atoms with Crippen molar-refractivity contribution in [3.63, 3.8) is 0 Å². The molecule has 0 unspecified atom stereocenters. The summed E-state index contributed by atoms with van der Waals surface area (Å²) in [6.07, 6.45) is 4.10. The summed E-state index contributed by atoms with van der Waals surface area (Å²) in [5, 5.41) is -0.413. The number of carbonyl (C=O) groups is 1. The summed E-state index contributed by atoms with van der Waals surface area (Å²) in [5.41, 5.74) is 7.49. The highest BCUT2D eigenvalue weighted by Crippen LogP contribution is 2.22. The van der Waals surface area contributed by atoms with Gasteiger partial charge < -0.3 is 10.3 Å². The van der Waals surface area contributed by atoms with Crippen molar-refractivity contribution < 1.29 is 13.2 Å². The van der Waals surface area contributed by atoms with E-state index in [0.29, 0.717) is 26.1 Å². The molecule has 0 bridgehead atoms. The SMILES string of the molecule is CC(C)S(=O)(=O)c1ncc(CN2CCC[C@H](C(N)=O)C2)n1CCc1ccccc1. The molecule has 0 aliphatic carbocycles. The van der Waals surface area contributed by atoms with Crippen LogP contribution in [0.1, 0.15) is 37.9 Å². The van der Waals surface area contributed by atoms with Crippen LogP contribution in [0.15, 0.2) is 41.7 Å². The van der Waals surface area contributed by atoms with Crippen molar-refractivity contribution in [1.29, 1.82) is 0 Å². The number of nitrogens with two attached hydrogens (primary N) is 1. The molecule has 1 aromatic carbocycles. The lowest BCUT2D eigenvalue weighted by Gasteiger charge is -2.31. The van der Waals surface area contributed by atoms with Crippen LogP contribution >= 0.6 is 0 Å². The standard InChI is InChI=1S/C21H30N4O3S/c1-16(2)29(27,28)21-23-13-19(15-24-11-6-9-18(14-24)20(22)26)25(21)12-10-17-7-4-3-5-8-17/h3-5,7-8,13,16,18H,6,9-12,14-15H2,1-2H3,(H2,22,26)/t18-/m0/s1. The summed E-state index contributed by atoms with van der Waals surface area (Å²) in [4.78, 5) is 18.1. The number of benzene rings is 1. The number of imidazole rings is 1. The lowest BCUT2D eigenvalue weighted by Crippen LogP contribution is -2.41. The van der Waals surface area contributed by atoms with Crippen molar-refractivity contribution in [2.24, 2.45) is 11.7 Å². The van der Waals surface area contributed by atoms with E-state index in [9.17, 15) is 13.2 Å². The number of primary amides is 1. The highest BCUT2D eigenvalue weighted by atomic mass is 32.2. The van der Waals surface area contributed by atoms with Gasteiger partial charge >= 0.3 is 0 Å². The van der Waals surface area contributed by atoms with Gasteiger partial charge in [-0.1, -0.05) is 30.3 Å². The molecule has 0 radical (unpaired) electrons. The third-order valence-corrected chi connectivity index (χ3v) is 7.61. The average molecular weight is 419 g/mol. The number of aromatic nitrogens is 2. The Hall–Kier alpha value is -2.19. The minimum absolute atomic E-state index is 0.127. The number of nitrogens with zero attached hydrogens (tertiary/aromatic N) is 3. The molecule has 29 heavy (non-hydrogen) atoms. The summed E-state index contributed by atoms with van der Waals surface area (Å²) in [6.45, 7) is 5.90. The number of hydrogen-bond donors (Lipinski definition) is 1. The van der Waals surface area contributed by atoms with E-state index in [2.05, 4.69) is 9.88 Å². The van der Waals surface area contributed by atoms with Crippen LogP contribution in [0.3, 0.4) is 0 Å². The Labute approximate surface area is 172 Å². The second-order valence-electron chi connectivity index (χ2n) is 7.99. The molecular formula is C21H30N4O3S. The number of carbonyl (C=O) groups excluding carboxylic acids is 1. The Balaban J connectivity index is 1.86. The topological polar surface area (TPSA) is 98.3 Å². The summed E-state index contributed by atoms with van der Waals surface area (Å²) >= 11 is 0. The molecule has 3 rings (SSSR count). The van der Waals surface area contributed by atoms with Gasteiger partial charge in [0.05, 0.1) is 23.1 Å². The van der Waals surface area contributed by atoms with Crippen molar-refractivity contribution in [1.82, 2.24) is 14.5 Å². The summed E-state index contributed by atoms with van der Waals surface area (Å²) in [6, 6.07) is 10.00. The van der Waals surface area contributed by atoms with Crippen molar-refractivity contribution in [3.05, 3.63) is 47.8 Å².